The second-order valence-corrected chi connectivity index (χ2v) is 5.62. The van der Waals surface area contributed by atoms with Crippen molar-refractivity contribution in [2.75, 3.05) is 11.4 Å². The predicted molar refractivity (Wildman–Crippen MR) is 60.9 cm³/mol. The number of halogens is 1. The zero-order chi connectivity index (χ0) is 10.9. The molecule has 3 aliphatic heterocycles. The first kappa shape index (κ1) is 9.05. The molecule has 1 aliphatic carbocycles. The van der Waals surface area contributed by atoms with Crippen LogP contribution in [-0.4, -0.2) is 21.6 Å². The van der Waals surface area contributed by atoms with Gasteiger partial charge in [0.25, 0.3) is 0 Å². The Kier molecular flexibility index (Phi) is 1.48. The van der Waals surface area contributed by atoms with E-state index in [1.54, 1.807) is 4.57 Å². The third-order valence-corrected chi connectivity index (χ3v) is 4.58. The van der Waals surface area contributed by atoms with E-state index in [1.165, 1.54) is 12.8 Å². The Morgan fingerprint density at radius 2 is 2.31 bits per heavy atom. The van der Waals surface area contributed by atoms with Crippen LogP contribution in [0.3, 0.4) is 0 Å². The van der Waals surface area contributed by atoms with Gasteiger partial charge in [0.05, 0.1) is 0 Å². The normalized spacial score (nSPS) is 34.3. The van der Waals surface area contributed by atoms with Crippen LogP contribution in [-0.2, 0) is 6.54 Å². The molecule has 5 heteroatoms. The Labute approximate surface area is 97.8 Å². The lowest BCUT2D eigenvalue weighted by atomic mass is 9.71. The largest absolute Gasteiger partial charge is 0.352 e. The zero-order valence-electron chi connectivity index (χ0n) is 8.82. The standard InChI is InChI=1S/C11H12ClN3O/c12-8-3-9-14(10(16)13-8)2-1-11-4-7(5-11)6-15(9)11/h3,7H,1-2,4-6H2. The van der Waals surface area contributed by atoms with Gasteiger partial charge in [0, 0.05) is 24.7 Å². The van der Waals surface area contributed by atoms with Gasteiger partial charge in [-0.2, -0.15) is 4.98 Å². The highest BCUT2D eigenvalue weighted by Gasteiger charge is 2.57. The molecule has 1 spiro atoms. The van der Waals surface area contributed by atoms with Gasteiger partial charge in [-0.15, -0.1) is 0 Å². The maximum absolute atomic E-state index is 11.7. The van der Waals surface area contributed by atoms with Crippen LogP contribution in [0.2, 0.25) is 5.15 Å². The third-order valence-electron chi connectivity index (χ3n) is 4.39. The van der Waals surface area contributed by atoms with Crippen molar-refractivity contribution in [2.24, 2.45) is 5.92 Å². The highest BCUT2D eigenvalue weighted by molar-refractivity contribution is 6.29. The molecule has 4 nitrogen and oxygen atoms in total. The van der Waals surface area contributed by atoms with Crippen LogP contribution in [0, 0.1) is 5.92 Å². The fraction of sp³-hybridized carbons (Fsp3) is 0.636. The van der Waals surface area contributed by atoms with Crippen molar-refractivity contribution in [3.8, 4) is 0 Å². The first-order valence-corrected chi connectivity index (χ1v) is 6.11. The summed E-state index contributed by atoms with van der Waals surface area (Å²) in [5, 5.41) is 0.317. The van der Waals surface area contributed by atoms with Gasteiger partial charge >= 0.3 is 5.69 Å². The SMILES string of the molecule is O=c1nc(Cl)cc2n1CCC13CC(CN21)C3. The van der Waals surface area contributed by atoms with Crippen LogP contribution >= 0.6 is 11.6 Å². The van der Waals surface area contributed by atoms with Crippen LogP contribution in [0.4, 0.5) is 5.82 Å². The van der Waals surface area contributed by atoms with E-state index in [0.29, 0.717) is 10.7 Å². The summed E-state index contributed by atoms with van der Waals surface area (Å²) < 4.78 is 1.76. The van der Waals surface area contributed by atoms with E-state index in [0.717, 1.165) is 31.2 Å². The lowest BCUT2D eigenvalue weighted by molar-refractivity contribution is 0.205. The second-order valence-electron chi connectivity index (χ2n) is 5.23. The summed E-state index contributed by atoms with van der Waals surface area (Å²) in [4.78, 5) is 17.9. The Morgan fingerprint density at radius 1 is 1.50 bits per heavy atom. The van der Waals surface area contributed by atoms with E-state index in [2.05, 4.69) is 9.88 Å². The molecular formula is C11H12ClN3O. The summed E-state index contributed by atoms with van der Waals surface area (Å²) in [6.45, 7) is 1.88. The minimum absolute atomic E-state index is 0.207. The van der Waals surface area contributed by atoms with Gasteiger partial charge < -0.3 is 4.90 Å². The van der Waals surface area contributed by atoms with Gasteiger partial charge in [0.15, 0.2) is 0 Å². The van der Waals surface area contributed by atoms with E-state index in [9.17, 15) is 4.79 Å². The molecule has 1 aromatic rings. The van der Waals surface area contributed by atoms with Crippen molar-refractivity contribution in [3.05, 3.63) is 21.7 Å². The smallest absolute Gasteiger partial charge is 0.350 e. The molecule has 2 saturated heterocycles. The molecule has 4 heterocycles. The summed E-state index contributed by atoms with van der Waals surface area (Å²) in [6.07, 6.45) is 3.67. The molecule has 84 valence electrons. The van der Waals surface area contributed by atoms with Gasteiger partial charge in [-0.05, 0) is 25.2 Å². The van der Waals surface area contributed by atoms with Gasteiger partial charge in [0.1, 0.15) is 11.0 Å². The van der Waals surface area contributed by atoms with Crippen LogP contribution in [0.15, 0.2) is 10.9 Å². The Balaban J connectivity index is 1.94. The zero-order valence-corrected chi connectivity index (χ0v) is 9.57. The van der Waals surface area contributed by atoms with Gasteiger partial charge in [-0.25, -0.2) is 4.79 Å². The van der Waals surface area contributed by atoms with Crippen molar-refractivity contribution in [2.45, 2.75) is 31.3 Å². The molecule has 0 radical (unpaired) electrons. The van der Waals surface area contributed by atoms with Crippen LogP contribution in [0.5, 0.6) is 0 Å². The number of rotatable bonds is 0. The molecule has 0 N–H and O–H groups in total. The molecule has 0 atom stereocenters. The lowest BCUT2D eigenvalue weighted by Gasteiger charge is -2.46. The summed E-state index contributed by atoms with van der Waals surface area (Å²) >= 11 is 5.88. The molecule has 2 bridgehead atoms. The van der Waals surface area contributed by atoms with Gasteiger partial charge in [-0.1, -0.05) is 11.6 Å². The monoisotopic (exact) mass is 237 g/mol. The fourth-order valence-corrected chi connectivity index (χ4v) is 3.88. The Hall–Kier alpha value is -1.03. The molecule has 5 rings (SSSR count). The van der Waals surface area contributed by atoms with E-state index >= 15 is 0 Å². The van der Waals surface area contributed by atoms with Crippen molar-refractivity contribution in [1.29, 1.82) is 0 Å². The van der Waals surface area contributed by atoms with E-state index in [-0.39, 0.29) is 5.69 Å². The molecular weight excluding hydrogens is 226 g/mol. The maximum atomic E-state index is 11.7. The average Bonchev–Trinajstić information content (AvgIpc) is 2.70. The molecule has 16 heavy (non-hydrogen) atoms. The summed E-state index contributed by atoms with van der Waals surface area (Å²) in [6, 6.07) is 1.84. The maximum Gasteiger partial charge on any atom is 0.350 e. The number of hydrogen-bond acceptors (Lipinski definition) is 3. The summed E-state index contributed by atoms with van der Waals surface area (Å²) in [5.41, 5.74) is 0.142. The number of aromatic nitrogens is 2. The minimum atomic E-state index is -0.207. The Bertz CT molecular complexity index is 533. The minimum Gasteiger partial charge on any atom is -0.352 e. The van der Waals surface area contributed by atoms with Crippen molar-refractivity contribution in [1.82, 2.24) is 9.55 Å². The van der Waals surface area contributed by atoms with Gasteiger partial charge in [0.2, 0.25) is 0 Å². The Morgan fingerprint density at radius 3 is 3.12 bits per heavy atom. The van der Waals surface area contributed by atoms with E-state index in [4.69, 9.17) is 11.6 Å². The molecule has 4 aliphatic rings. The molecule has 0 aromatic carbocycles. The quantitative estimate of drug-likeness (QED) is 0.638. The fourth-order valence-electron chi connectivity index (χ4n) is 3.71. The third kappa shape index (κ3) is 0.919. The summed E-state index contributed by atoms with van der Waals surface area (Å²) in [5.74, 6) is 1.81. The number of anilines is 1. The number of fused-ring (bicyclic) bond motifs is 1. The predicted octanol–water partition coefficient (Wildman–Crippen LogP) is 1.27. The number of hydrogen-bond donors (Lipinski definition) is 0. The molecule has 0 unspecified atom stereocenters. The molecule has 0 amide bonds. The topological polar surface area (TPSA) is 38.1 Å². The van der Waals surface area contributed by atoms with E-state index in [1.807, 2.05) is 6.07 Å². The second kappa shape index (κ2) is 2.62. The van der Waals surface area contributed by atoms with Crippen LogP contribution < -0.4 is 10.6 Å². The van der Waals surface area contributed by atoms with Crippen molar-refractivity contribution < 1.29 is 0 Å². The lowest BCUT2D eigenvalue weighted by Crippen LogP contribution is -2.52. The van der Waals surface area contributed by atoms with E-state index < -0.39 is 0 Å². The van der Waals surface area contributed by atoms with Crippen molar-refractivity contribution >= 4 is 17.4 Å². The first-order chi connectivity index (χ1) is 7.68. The van der Waals surface area contributed by atoms with Crippen molar-refractivity contribution in [3.63, 3.8) is 0 Å². The van der Waals surface area contributed by atoms with Crippen LogP contribution in [0.25, 0.3) is 0 Å². The van der Waals surface area contributed by atoms with Crippen LogP contribution in [0.1, 0.15) is 19.3 Å². The first-order valence-electron chi connectivity index (χ1n) is 5.73. The molecule has 1 aromatic heterocycles. The summed E-state index contributed by atoms with van der Waals surface area (Å²) in [7, 11) is 0. The number of nitrogens with zero attached hydrogens (tertiary/aromatic N) is 3. The van der Waals surface area contributed by atoms with Gasteiger partial charge in [-0.3, -0.25) is 4.57 Å². The molecule has 3 fully saturated rings. The average molecular weight is 238 g/mol. The highest BCUT2D eigenvalue weighted by Crippen LogP contribution is 2.55. The molecule has 1 saturated carbocycles. The highest BCUT2D eigenvalue weighted by atomic mass is 35.5.